The zero-order chi connectivity index (χ0) is 20.8. The summed E-state index contributed by atoms with van der Waals surface area (Å²) in [5.74, 6) is 0.623. The fraction of sp³-hybridized carbons (Fsp3) is 0.429. The van der Waals surface area contributed by atoms with Gasteiger partial charge in [-0.1, -0.05) is 30.3 Å². The van der Waals surface area contributed by atoms with Gasteiger partial charge in [0.2, 0.25) is 0 Å². The second-order valence-corrected chi connectivity index (χ2v) is 8.56. The Morgan fingerprint density at radius 1 is 1.24 bits per heavy atom. The largest absolute Gasteiger partial charge is 0.334 e. The van der Waals surface area contributed by atoms with Crippen molar-refractivity contribution in [3.05, 3.63) is 57.8 Å². The van der Waals surface area contributed by atoms with Gasteiger partial charge in [-0.15, -0.1) is 0 Å². The van der Waals surface area contributed by atoms with E-state index in [9.17, 15) is 9.59 Å². The van der Waals surface area contributed by atoms with Crippen molar-refractivity contribution in [2.75, 3.05) is 13.1 Å². The molecule has 8 nitrogen and oxygen atoms in total. The van der Waals surface area contributed by atoms with Crippen LogP contribution in [0.1, 0.15) is 43.8 Å². The first-order chi connectivity index (χ1) is 13.7. The maximum absolute atomic E-state index is 12.6. The quantitative estimate of drug-likeness (QED) is 0.713. The van der Waals surface area contributed by atoms with Crippen LogP contribution in [0.2, 0.25) is 0 Å². The minimum atomic E-state index is -0.284. The number of fused-ring (bicyclic) bond motifs is 1. The van der Waals surface area contributed by atoms with Crippen molar-refractivity contribution in [3.63, 3.8) is 0 Å². The van der Waals surface area contributed by atoms with Gasteiger partial charge in [-0.2, -0.15) is 5.10 Å². The van der Waals surface area contributed by atoms with Crippen LogP contribution in [0.5, 0.6) is 0 Å². The number of amides is 2. The second-order valence-electron chi connectivity index (χ2n) is 8.56. The van der Waals surface area contributed by atoms with Crippen LogP contribution < -0.4 is 10.9 Å². The van der Waals surface area contributed by atoms with Crippen molar-refractivity contribution in [1.82, 2.24) is 30.0 Å². The molecule has 1 aliphatic heterocycles. The Hall–Kier alpha value is -3.16. The first-order valence-electron chi connectivity index (χ1n) is 9.81. The van der Waals surface area contributed by atoms with Gasteiger partial charge in [-0.25, -0.2) is 14.5 Å². The minimum absolute atomic E-state index is 0.0122. The SMILES string of the molecule is Cc1nn(C(C)(C)C)c2nc(C3CN(C(=O)NCc4ccccc4)C3)[nH]c(=O)c12. The molecular weight excluding hydrogens is 368 g/mol. The van der Waals surface area contributed by atoms with Crippen LogP contribution in [0, 0.1) is 6.92 Å². The molecule has 0 saturated carbocycles. The van der Waals surface area contributed by atoms with Gasteiger partial charge in [-0.05, 0) is 33.3 Å². The summed E-state index contributed by atoms with van der Waals surface area (Å²) in [4.78, 5) is 34.3. The molecular formula is C21H26N6O2. The molecule has 8 heteroatoms. The molecule has 1 fully saturated rings. The number of aromatic amines is 1. The number of aromatic nitrogens is 4. The van der Waals surface area contributed by atoms with Crippen LogP contribution in [-0.2, 0) is 12.1 Å². The van der Waals surface area contributed by atoms with E-state index in [1.54, 1.807) is 9.58 Å². The highest BCUT2D eigenvalue weighted by atomic mass is 16.2. The average molecular weight is 394 g/mol. The summed E-state index contributed by atoms with van der Waals surface area (Å²) >= 11 is 0. The number of carbonyl (C=O) groups excluding carboxylic acids is 1. The molecule has 2 amide bonds. The number of hydrogen-bond donors (Lipinski definition) is 2. The average Bonchev–Trinajstić information content (AvgIpc) is 2.97. The van der Waals surface area contributed by atoms with Crippen molar-refractivity contribution in [1.29, 1.82) is 0 Å². The fourth-order valence-corrected chi connectivity index (χ4v) is 3.57. The molecule has 1 saturated heterocycles. The Morgan fingerprint density at radius 2 is 1.93 bits per heavy atom. The summed E-state index contributed by atoms with van der Waals surface area (Å²) in [6.07, 6.45) is 0. The fourth-order valence-electron chi connectivity index (χ4n) is 3.57. The van der Waals surface area contributed by atoms with Gasteiger partial charge >= 0.3 is 6.03 Å². The number of H-pyrrole nitrogens is 1. The lowest BCUT2D eigenvalue weighted by Gasteiger charge is -2.38. The van der Waals surface area contributed by atoms with Crippen LogP contribution in [0.15, 0.2) is 35.1 Å². The number of likely N-dealkylation sites (tertiary alicyclic amines) is 1. The molecule has 0 radical (unpaired) electrons. The van der Waals surface area contributed by atoms with E-state index in [4.69, 9.17) is 4.98 Å². The molecule has 3 heterocycles. The van der Waals surface area contributed by atoms with Gasteiger partial charge in [0, 0.05) is 19.6 Å². The van der Waals surface area contributed by atoms with Gasteiger partial charge in [0.05, 0.1) is 17.2 Å². The zero-order valence-electron chi connectivity index (χ0n) is 17.2. The Kier molecular flexibility index (Phi) is 4.64. The maximum Gasteiger partial charge on any atom is 0.317 e. The molecule has 2 aromatic heterocycles. The highest BCUT2D eigenvalue weighted by molar-refractivity contribution is 5.78. The van der Waals surface area contributed by atoms with E-state index >= 15 is 0 Å². The summed E-state index contributed by atoms with van der Waals surface area (Å²) in [6, 6.07) is 9.69. The van der Waals surface area contributed by atoms with Crippen molar-refractivity contribution >= 4 is 17.1 Å². The summed E-state index contributed by atoms with van der Waals surface area (Å²) in [7, 11) is 0. The predicted molar refractivity (Wildman–Crippen MR) is 111 cm³/mol. The molecule has 0 bridgehead atoms. The normalized spacial score (nSPS) is 14.8. The Bertz CT molecular complexity index is 1100. The van der Waals surface area contributed by atoms with Crippen molar-refractivity contribution in [3.8, 4) is 0 Å². The highest BCUT2D eigenvalue weighted by Gasteiger charge is 2.34. The van der Waals surface area contributed by atoms with Crippen LogP contribution in [-0.4, -0.2) is 43.8 Å². The van der Waals surface area contributed by atoms with E-state index in [2.05, 4.69) is 15.4 Å². The van der Waals surface area contributed by atoms with Gasteiger partial charge in [-0.3, -0.25) is 4.79 Å². The summed E-state index contributed by atoms with van der Waals surface area (Å²) in [6.45, 7) is 9.46. The van der Waals surface area contributed by atoms with E-state index in [1.807, 2.05) is 58.0 Å². The van der Waals surface area contributed by atoms with Crippen LogP contribution in [0.25, 0.3) is 11.0 Å². The first kappa shape index (κ1) is 19.2. The Morgan fingerprint density at radius 3 is 2.59 bits per heavy atom. The third kappa shape index (κ3) is 3.62. The van der Waals surface area contributed by atoms with Gasteiger partial charge < -0.3 is 15.2 Å². The smallest absolute Gasteiger partial charge is 0.317 e. The molecule has 0 aliphatic carbocycles. The molecule has 0 spiro atoms. The minimum Gasteiger partial charge on any atom is -0.334 e. The van der Waals surface area contributed by atoms with Crippen LogP contribution in [0.4, 0.5) is 4.79 Å². The zero-order valence-corrected chi connectivity index (χ0v) is 17.2. The molecule has 2 N–H and O–H groups in total. The number of nitrogens with one attached hydrogen (secondary N) is 2. The van der Waals surface area contributed by atoms with E-state index < -0.39 is 0 Å². The summed E-state index contributed by atoms with van der Waals surface area (Å²) in [5, 5.41) is 7.98. The van der Waals surface area contributed by atoms with Gasteiger partial charge in [0.25, 0.3) is 5.56 Å². The maximum atomic E-state index is 12.6. The first-order valence-corrected chi connectivity index (χ1v) is 9.81. The Labute approximate surface area is 168 Å². The molecule has 152 valence electrons. The second kappa shape index (κ2) is 7.02. The van der Waals surface area contributed by atoms with E-state index in [0.29, 0.717) is 42.2 Å². The molecule has 0 unspecified atom stereocenters. The molecule has 1 aliphatic rings. The molecule has 1 aromatic carbocycles. The van der Waals surface area contributed by atoms with Crippen LogP contribution in [0.3, 0.4) is 0 Å². The number of hydrogen-bond acceptors (Lipinski definition) is 4. The lowest BCUT2D eigenvalue weighted by Crippen LogP contribution is -2.53. The number of aryl methyl sites for hydroxylation is 1. The molecule has 4 rings (SSSR count). The van der Waals surface area contributed by atoms with E-state index in [1.165, 1.54) is 0 Å². The summed E-state index contributed by atoms with van der Waals surface area (Å²) in [5.41, 5.74) is 1.87. The third-order valence-corrected chi connectivity index (χ3v) is 5.21. The predicted octanol–water partition coefficient (Wildman–Crippen LogP) is 2.49. The third-order valence-electron chi connectivity index (χ3n) is 5.21. The number of nitrogens with zero attached hydrogens (tertiary/aromatic N) is 4. The topological polar surface area (TPSA) is 95.9 Å². The van der Waals surface area contributed by atoms with Crippen molar-refractivity contribution < 1.29 is 4.79 Å². The Balaban J connectivity index is 1.48. The monoisotopic (exact) mass is 394 g/mol. The van der Waals surface area contributed by atoms with Gasteiger partial charge in [0.15, 0.2) is 5.65 Å². The summed E-state index contributed by atoms with van der Waals surface area (Å²) < 4.78 is 1.80. The lowest BCUT2D eigenvalue weighted by atomic mass is 9.99. The highest BCUT2D eigenvalue weighted by Crippen LogP contribution is 2.26. The number of benzene rings is 1. The molecule has 0 atom stereocenters. The molecule has 3 aromatic rings. The molecule has 29 heavy (non-hydrogen) atoms. The lowest BCUT2D eigenvalue weighted by molar-refractivity contribution is 0.148. The number of rotatable bonds is 3. The van der Waals surface area contributed by atoms with E-state index in [0.717, 1.165) is 5.56 Å². The standard InChI is InChI=1S/C21H26N6O2/c1-13-16-18(27(25-13)21(2,3)4)23-17(24-19(16)28)15-11-26(12-15)20(29)22-10-14-8-6-5-7-9-14/h5-9,15H,10-12H2,1-4H3,(H,22,29)(H,23,24,28). The van der Waals surface area contributed by atoms with Crippen molar-refractivity contribution in [2.45, 2.75) is 45.7 Å². The van der Waals surface area contributed by atoms with E-state index in [-0.39, 0.29) is 23.0 Å². The number of urea groups is 1. The van der Waals surface area contributed by atoms with Crippen molar-refractivity contribution in [2.24, 2.45) is 0 Å². The van der Waals surface area contributed by atoms with Gasteiger partial charge in [0.1, 0.15) is 11.2 Å². The number of carbonyl (C=O) groups is 1. The van der Waals surface area contributed by atoms with Crippen LogP contribution >= 0.6 is 0 Å².